The standard InChI is InChI=1S/C21H18BrNO2/c1-25-19-13-9-17(10-14-19)21(24)23-20(15-5-3-2-4-6-15)16-7-11-18(22)12-8-16/h2-14,20H,1H3,(H,23,24). The van der Waals surface area contributed by atoms with Crippen LogP contribution in [0.25, 0.3) is 0 Å². The topological polar surface area (TPSA) is 38.3 Å². The highest BCUT2D eigenvalue weighted by atomic mass is 79.9. The maximum Gasteiger partial charge on any atom is 0.252 e. The molecule has 0 spiro atoms. The summed E-state index contributed by atoms with van der Waals surface area (Å²) in [5, 5.41) is 3.13. The number of methoxy groups -OCH3 is 1. The fourth-order valence-electron chi connectivity index (χ4n) is 2.62. The molecule has 0 heterocycles. The SMILES string of the molecule is COc1ccc(C(=O)NC(c2ccccc2)c2ccc(Br)cc2)cc1. The number of carbonyl (C=O) groups excluding carboxylic acids is 1. The summed E-state index contributed by atoms with van der Waals surface area (Å²) in [7, 11) is 1.61. The van der Waals surface area contributed by atoms with Gasteiger partial charge in [-0.2, -0.15) is 0 Å². The second-order valence-corrected chi connectivity index (χ2v) is 6.51. The molecule has 4 heteroatoms. The molecule has 0 aliphatic rings. The quantitative estimate of drug-likeness (QED) is 0.661. The van der Waals surface area contributed by atoms with Gasteiger partial charge in [0, 0.05) is 10.0 Å². The molecule has 0 saturated heterocycles. The van der Waals surface area contributed by atoms with Gasteiger partial charge in [0.25, 0.3) is 5.91 Å². The molecule has 1 unspecified atom stereocenters. The maximum absolute atomic E-state index is 12.7. The summed E-state index contributed by atoms with van der Waals surface area (Å²) in [5.41, 5.74) is 2.65. The predicted molar refractivity (Wildman–Crippen MR) is 103 cm³/mol. The first kappa shape index (κ1) is 17.2. The highest BCUT2D eigenvalue weighted by molar-refractivity contribution is 9.10. The summed E-state index contributed by atoms with van der Waals surface area (Å²) in [6.07, 6.45) is 0. The Kier molecular flexibility index (Phi) is 5.51. The van der Waals surface area contributed by atoms with Crippen LogP contribution >= 0.6 is 15.9 Å². The number of halogens is 1. The Morgan fingerprint density at radius 3 is 2.08 bits per heavy atom. The van der Waals surface area contributed by atoms with Gasteiger partial charge in [-0.15, -0.1) is 0 Å². The molecule has 0 radical (unpaired) electrons. The number of amides is 1. The molecule has 0 saturated carbocycles. The third-order valence-electron chi connectivity index (χ3n) is 3.96. The van der Waals surface area contributed by atoms with Crippen LogP contribution in [0, 0.1) is 0 Å². The van der Waals surface area contributed by atoms with Crippen LogP contribution in [0.15, 0.2) is 83.3 Å². The molecule has 0 aromatic heterocycles. The van der Waals surface area contributed by atoms with E-state index in [9.17, 15) is 4.79 Å². The summed E-state index contributed by atoms with van der Waals surface area (Å²) in [6.45, 7) is 0. The molecule has 126 valence electrons. The van der Waals surface area contributed by atoms with E-state index in [4.69, 9.17) is 4.74 Å². The zero-order valence-corrected chi connectivity index (χ0v) is 15.4. The van der Waals surface area contributed by atoms with Crippen LogP contribution < -0.4 is 10.1 Å². The van der Waals surface area contributed by atoms with E-state index in [0.717, 1.165) is 21.3 Å². The van der Waals surface area contributed by atoms with Crippen LogP contribution in [0.2, 0.25) is 0 Å². The van der Waals surface area contributed by atoms with Crippen molar-refractivity contribution in [2.75, 3.05) is 7.11 Å². The van der Waals surface area contributed by atoms with E-state index < -0.39 is 0 Å². The lowest BCUT2D eigenvalue weighted by Crippen LogP contribution is -2.29. The first-order chi connectivity index (χ1) is 12.2. The fraction of sp³-hybridized carbons (Fsp3) is 0.0952. The molecular weight excluding hydrogens is 378 g/mol. The van der Waals surface area contributed by atoms with Crippen LogP contribution in [0.1, 0.15) is 27.5 Å². The molecule has 3 aromatic rings. The molecule has 3 rings (SSSR count). The number of rotatable bonds is 5. The number of ether oxygens (including phenoxy) is 1. The molecule has 0 fully saturated rings. The Morgan fingerprint density at radius 1 is 0.880 bits per heavy atom. The summed E-state index contributed by atoms with van der Waals surface area (Å²) in [4.78, 5) is 12.7. The van der Waals surface area contributed by atoms with Crippen LogP contribution in [0.4, 0.5) is 0 Å². The Bertz CT molecular complexity index is 830. The van der Waals surface area contributed by atoms with Gasteiger partial charge >= 0.3 is 0 Å². The second-order valence-electron chi connectivity index (χ2n) is 5.60. The highest BCUT2D eigenvalue weighted by Gasteiger charge is 2.17. The lowest BCUT2D eigenvalue weighted by atomic mass is 9.98. The number of carbonyl (C=O) groups is 1. The lowest BCUT2D eigenvalue weighted by Gasteiger charge is -2.20. The van der Waals surface area contributed by atoms with Gasteiger partial charge in [0.05, 0.1) is 13.2 Å². The Labute approximate surface area is 155 Å². The Hall–Kier alpha value is -2.59. The van der Waals surface area contributed by atoms with Gasteiger partial charge in [0.15, 0.2) is 0 Å². The fourth-order valence-corrected chi connectivity index (χ4v) is 2.88. The van der Waals surface area contributed by atoms with Crippen molar-refractivity contribution in [2.45, 2.75) is 6.04 Å². The van der Waals surface area contributed by atoms with Crippen molar-refractivity contribution in [1.82, 2.24) is 5.32 Å². The molecule has 1 amide bonds. The van der Waals surface area contributed by atoms with Crippen molar-refractivity contribution in [2.24, 2.45) is 0 Å². The second kappa shape index (κ2) is 7.99. The molecule has 1 atom stereocenters. The molecule has 0 bridgehead atoms. The van der Waals surface area contributed by atoms with Gasteiger partial charge < -0.3 is 10.1 Å². The minimum absolute atomic E-state index is 0.126. The zero-order chi connectivity index (χ0) is 17.6. The monoisotopic (exact) mass is 395 g/mol. The highest BCUT2D eigenvalue weighted by Crippen LogP contribution is 2.24. The van der Waals surface area contributed by atoms with Crippen molar-refractivity contribution < 1.29 is 9.53 Å². The van der Waals surface area contributed by atoms with Gasteiger partial charge in [-0.3, -0.25) is 4.79 Å². The molecule has 0 aliphatic heterocycles. The smallest absolute Gasteiger partial charge is 0.252 e. The van der Waals surface area contributed by atoms with E-state index in [2.05, 4.69) is 21.2 Å². The van der Waals surface area contributed by atoms with Gasteiger partial charge in [-0.25, -0.2) is 0 Å². The number of hydrogen-bond donors (Lipinski definition) is 1. The minimum atomic E-state index is -0.219. The first-order valence-electron chi connectivity index (χ1n) is 7.92. The van der Waals surface area contributed by atoms with E-state index in [-0.39, 0.29) is 11.9 Å². The van der Waals surface area contributed by atoms with Crippen molar-refractivity contribution in [1.29, 1.82) is 0 Å². The lowest BCUT2D eigenvalue weighted by molar-refractivity contribution is 0.0943. The van der Waals surface area contributed by atoms with Gasteiger partial charge in [0.1, 0.15) is 5.75 Å². The van der Waals surface area contributed by atoms with Crippen molar-refractivity contribution >= 4 is 21.8 Å². The van der Waals surface area contributed by atoms with E-state index >= 15 is 0 Å². The van der Waals surface area contributed by atoms with E-state index in [1.54, 1.807) is 31.4 Å². The maximum atomic E-state index is 12.7. The third kappa shape index (κ3) is 4.28. The zero-order valence-electron chi connectivity index (χ0n) is 13.8. The largest absolute Gasteiger partial charge is 0.497 e. The summed E-state index contributed by atoms with van der Waals surface area (Å²) in [6, 6.07) is 24.8. The predicted octanol–water partition coefficient (Wildman–Crippen LogP) is 4.98. The molecule has 0 aliphatic carbocycles. The molecular formula is C21H18BrNO2. The molecule has 1 N–H and O–H groups in total. The van der Waals surface area contributed by atoms with E-state index in [1.165, 1.54) is 0 Å². The van der Waals surface area contributed by atoms with E-state index in [1.807, 2.05) is 54.6 Å². The minimum Gasteiger partial charge on any atom is -0.497 e. The van der Waals surface area contributed by atoms with Crippen LogP contribution in [0.5, 0.6) is 5.75 Å². The van der Waals surface area contributed by atoms with E-state index in [0.29, 0.717) is 5.56 Å². The number of nitrogens with one attached hydrogen (secondary N) is 1. The molecule has 25 heavy (non-hydrogen) atoms. The van der Waals surface area contributed by atoms with Crippen molar-refractivity contribution in [3.8, 4) is 5.75 Å². The van der Waals surface area contributed by atoms with Crippen LogP contribution in [-0.4, -0.2) is 13.0 Å². The van der Waals surface area contributed by atoms with Gasteiger partial charge in [0.2, 0.25) is 0 Å². The third-order valence-corrected chi connectivity index (χ3v) is 4.49. The average Bonchev–Trinajstić information content (AvgIpc) is 2.67. The Balaban J connectivity index is 1.89. The van der Waals surface area contributed by atoms with Crippen LogP contribution in [-0.2, 0) is 0 Å². The molecule has 3 nitrogen and oxygen atoms in total. The summed E-state index contributed by atoms with van der Waals surface area (Å²) < 4.78 is 6.15. The number of benzene rings is 3. The first-order valence-corrected chi connectivity index (χ1v) is 8.72. The van der Waals surface area contributed by atoms with Crippen molar-refractivity contribution in [3.05, 3.63) is 100 Å². The molecule has 3 aromatic carbocycles. The number of hydrogen-bond acceptors (Lipinski definition) is 2. The normalized spacial score (nSPS) is 11.6. The van der Waals surface area contributed by atoms with Gasteiger partial charge in [-0.1, -0.05) is 58.4 Å². The summed E-state index contributed by atoms with van der Waals surface area (Å²) >= 11 is 3.45. The van der Waals surface area contributed by atoms with Crippen LogP contribution in [0.3, 0.4) is 0 Å². The Morgan fingerprint density at radius 2 is 1.48 bits per heavy atom. The van der Waals surface area contributed by atoms with Gasteiger partial charge in [-0.05, 0) is 47.5 Å². The van der Waals surface area contributed by atoms with Crippen molar-refractivity contribution in [3.63, 3.8) is 0 Å². The summed E-state index contributed by atoms with van der Waals surface area (Å²) in [5.74, 6) is 0.600. The average molecular weight is 396 g/mol.